The minimum absolute atomic E-state index is 0.431. The van der Waals surface area contributed by atoms with Crippen LogP contribution in [0.25, 0.3) is 0 Å². The van der Waals surface area contributed by atoms with Gasteiger partial charge in [-0.05, 0) is 16.2 Å². The Labute approximate surface area is 207 Å². The number of rotatable bonds is 5. The predicted octanol–water partition coefficient (Wildman–Crippen LogP) is 1.41. The Hall–Kier alpha value is 0.529. The molecule has 3 aliphatic heterocycles. The Kier molecular flexibility index (Phi) is 19.6. The summed E-state index contributed by atoms with van der Waals surface area (Å²) in [5.74, 6) is -3.01. The molecule has 0 amide bonds. The van der Waals surface area contributed by atoms with Gasteiger partial charge in [-0.1, -0.05) is 83.0 Å². The van der Waals surface area contributed by atoms with E-state index in [-0.39, 0.29) is 0 Å². The first-order valence-corrected chi connectivity index (χ1v) is 16.9. The average Bonchev–Trinajstić information content (AvgIpc) is 3.48. The molecule has 0 fully saturated rings. The van der Waals surface area contributed by atoms with E-state index < -0.39 is 33.7 Å². The molecule has 0 spiro atoms. The summed E-state index contributed by atoms with van der Waals surface area (Å²) in [7, 11) is 8.16. The van der Waals surface area contributed by atoms with Gasteiger partial charge in [0.05, 0.1) is 33.7 Å². The van der Waals surface area contributed by atoms with Crippen LogP contribution in [0.2, 0.25) is 4.44 Å². The third-order valence-electron chi connectivity index (χ3n) is 2.63. The van der Waals surface area contributed by atoms with Crippen LogP contribution in [0.15, 0.2) is 34.5 Å². The molecule has 0 N–H and O–H groups in total. The minimum Gasteiger partial charge on any atom is -0.549 e. The van der Waals surface area contributed by atoms with Crippen LogP contribution in [0.4, 0.5) is 0 Å². The zero-order chi connectivity index (χ0) is 22.1. The van der Waals surface area contributed by atoms with E-state index in [1.807, 2.05) is 0 Å². The summed E-state index contributed by atoms with van der Waals surface area (Å²) in [5, 5.41) is 34.0. The van der Waals surface area contributed by atoms with Gasteiger partial charge < -0.3 is 29.7 Å². The summed E-state index contributed by atoms with van der Waals surface area (Å²) in [6, 6.07) is 0. The molecule has 3 rings (SSSR count). The molecule has 3 unspecified atom stereocenters. The summed E-state index contributed by atoms with van der Waals surface area (Å²) >= 11 is 1.68. The summed E-state index contributed by atoms with van der Waals surface area (Å²) in [6.45, 7) is 2.23. The zero-order valence-electron chi connectivity index (χ0n) is 15.2. The van der Waals surface area contributed by atoms with E-state index in [0.717, 1.165) is 0 Å². The van der Waals surface area contributed by atoms with Crippen LogP contribution in [0.3, 0.4) is 0 Å². The standard InChI is InChI=1S/3C4H4O2S2.C4H9.Sn/c3*5-4(6)3-1-2-7-8-3;1-3-4-2;/h3*1-3H,(H,5,6);1,3-4H2,2H3;/q;;;;+3/p-3. The largest absolute Gasteiger partial charge is 0.549 e. The van der Waals surface area contributed by atoms with Gasteiger partial charge in [0.1, 0.15) is 0 Å². The molecule has 6 nitrogen and oxygen atoms in total. The first-order chi connectivity index (χ1) is 13.8. The van der Waals surface area contributed by atoms with Crippen molar-refractivity contribution in [2.24, 2.45) is 0 Å². The molecular weight excluding hydrogens is 599 g/mol. The van der Waals surface area contributed by atoms with Crippen LogP contribution in [0.1, 0.15) is 19.8 Å². The molecule has 29 heavy (non-hydrogen) atoms. The van der Waals surface area contributed by atoms with E-state index >= 15 is 0 Å². The molecule has 0 saturated carbocycles. The van der Waals surface area contributed by atoms with Gasteiger partial charge in [-0.25, -0.2) is 0 Å². The Morgan fingerprint density at radius 2 is 1.07 bits per heavy atom. The third kappa shape index (κ3) is 15.9. The summed E-state index contributed by atoms with van der Waals surface area (Å²) in [6.07, 6.45) is 7.64. The SMILES string of the molecule is CCC[CH2][Sn+3].O=C([O-])C1C=CSS1.O=C([O-])C1C=CSS1.O=C([O-])C1C=CSS1. The third-order valence-corrected chi connectivity index (χ3v) is 10.3. The fourth-order valence-corrected chi connectivity index (χ4v) is 7.92. The molecule has 0 bridgehead atoms. The molecule has 0 radical (unpaired) electrons. The number of carbonyl (C=O) groups excluding carboxylic acids is 3. The Morgan fingerprint density at radius 1 is 0.759 bits per heavy atom. The molecular formula is C16H18O6S6Sn. The van der Waals surface area contributed by atoms with Gasteiger partial charge in [-0.3, -0.25) is 0 Å². The van der Waals surface area contributed by atoms with Gasteiger partial charge >= 0.3 is 46.7 Å². The second-order valence-corrected chi connectivity index (χ2v) is 13.3. The van der Waals surface area contributed by atoms with Crippen molar-refractivity contribution in [1.82, 2.24) is 0 Å². The van der Waals surface area contributed by atoms with Crippen LogP contribution in [-0.4, -0.2) is 56.2 Å². The smallest absolute Gasteiger partial charge is 0.0738 e. The number of carbonyl (C=O) groups is 3. The number of unbranched alkanes of at least 4 members (excludes halogenated alkanes) is 1. The summed E-state index contributed by atoms with van der Waals surface area (Å²) in [4.78, 5) is 30.0. The van der Waals surface area contributed by atoms with Crippen molar-refractivity contribution in [2.45, 2.75) is 40.0 Å². The van der Waals surface area contributed by atoms with Crippen molar-refractivity contribution in [1.29, 1.82) is 0 Å². The van der Waals surface area contributed by atoms with Crippen molar-refractivity contribution < 1.29 is 29.7 Å². The fraction of sp³-hybridized carbons (Fsp3) is 0.438. The zero-order valence-corrected chi connectivity index (χ0v) is 23.0. The molecule has 0 aromatic carbocycles. The van der Waals surface area contributed by atoms with Gasteiger partial charge in [0.2, 0.25) is 0 Å². The maximum atomic E-state index is 10.0. The normalized spacial score (nSPS) is 23.2. The number of aliphatic carboxylic acids is 3. The number of carboxylic acid groups (broad SMARTS) is 3. The van der Waals surface area contributed by atoms with Crippen LogP contribution in [-0.2, 0) is 14.4 Å². The second-order valence-electron chi connectivity index (χ2n) is 4.89. The van der Waals surface area contributed by atoms with E-state index in [0.29, 0.717) is 0 Å². The summed E-state index contributed by atoms with van der Waals surface area (Å²) in [5.41, 5.74) is 0. The van der Waals surface area contributed by atoms with E-state index in [1.54, 1.807) is 57.0 Å². The van der Waals surface area contributed by atoms with Crippen molar-refractivity contribution in [2.75, 3.05) is 0 Å². The minimum atomic E-state index is -1.00. The average molecular weight is 617 g/mol. The van der Waals surface area contributed by atoms with Gasteiger partial charge in [0, 0.05) is 0 Å². The molecule has 3 heterocycles. The number of hydrogen-bond donors (Lipinski definition) is 0. The molecule has 0 saturated heterocycles. The Balaban J connectivity index is 0.000000367. The van der Waals surface area contributed by atoms with Crippen LogP contribution in [0, 0.1) is 0 Å². The Morgan fingerprint density at radius 3 is 1.14 bits per heavy atom. The van der Waals surface area contributed by atoms with E-state index in [4.69, 9.17) is 0 Å². The van der Waals surface area contributed by atoms with Gasteiger partial charge in [0.25, 0.3) is 0 Å². The molecule has 3 aliphatic rings. The maximum absolute atomic E-state index is 10.0. The van der Waals surface area contributed by atoms with Crippen molar-refractivity contribution in [3.8, 4) is 0 Å². The first-order valence-electron chi connectivity index (χ1n) is 8.07. The topological polar surface area (TPSA) is 120 Å². The molecule has 158 valence electrons. The monoisotopic (exact) mass is 618 g/mol. The van der Waals surface area contributed by atoms with Gasteiger partial charge in [-0.15, -0.1) is 0 Å². The van der Waals surface area contributed by atoms with E-state index in [2.05, 4.69) is 6.92 Å². The van der Waals surface area contributed by atoms with Crippen LogP contribution in [0.5, 0.6) is 0 Å². The van der Waals surface area contributed by atoms with Gasteiger partial charge in [0.15, 0.2) is 0 Å². The van der Waals surface area contributed by atoms with Crippen LogP contribution < -0.4 is 15.3 Å². The first kappa shape index (κ1) is 29.5. The maximum Gasteiger partial charge on any atom is 0.0738 e. The number of carboxylic acids is 3. The van der Waals surface area contributed by atoms with Gasteiger partial charge in [-0.2, -0.15) is 0 Å². The van der Waals surface area contributed by atoms with E-state index in [1.165, 1.54) is 82.0 Å². The Bertz CT molecular complexity index is 522. The second kappa shape index (κ2) is 19.2. The van der Waals surface area contributed by atoms with Crippen LogP contribution >= 0.6 is 64.8 Å². The summed E-state index contributed by atoms with van der Waals surface area (Å²) < 4.78 is 1.43. The molecule has 0 aliphatic carbocycles. The number of hydrogen-bond acceptors (Lipinski definition) is 12. The van der Waals surface area contributed by atoms with Crippen molar-refractivity contribution in [3.05, 3.63) is 34.5 Å². The molecule has 13 heteroatoms. The molecule has 3 atom stereocenters. The van der Waals surface area contributed by atoms with Crippen molar-refractivity contribution in [3.63, 3.8) is 0 Å². The fourth-order valence-electron chi connectivity index (χ4n) is 1.21. The predicted molar refractivity (Wildman–Crippen MR) is 125 cm³/mol. The molecule has 0 aromatic rings. The molecule has 0 aromatic heterocycles. The van der Waals surface area contributed by atoms with E-state index in [9.17, 15) is 29.7 Å². The van der Waals surface area contributed by atoms with Crippen molar-refractivity contribution >= 4 is 105 Å². The quantitative estimate of drug-likeness (QED) is 0.328.